The van der Waals surface area contributed by atoms with Crippen LogP contribution in [0.5, 0.6) is 5.75 Å². The highest BCUT2D eigenvalue weighted by molar-refractivity contribution is 5.96. The van der Waals surface area contributed by atoms with Gasteiger partial charge in [-0.1, -0.05) is 12.1 Å². The van der Waals surface area contributed by atoms with E-state index in [9.17, 15) is 4.79 Å². The fraction of sp³-hybridized carbons (Fsp3) is 0.167. The van der Waals surface area contributed by atoms with Gasteiger partial charge in [0.15, 0.2) is 5.69 Å². The molecule has 1 amide bonds. The third kappa shape index (κ3) is 2.60. The molecule has 0 aliphatic carbocycles. The van der Waals surface area contributed by atoms with Gasteiger partial charge in [0.2, 0.25) is 0 Å². The first kappa shape index (κ1) is 12.0. The molecule has 1 aromatic heterocycles. The van der Waals surface area contributed by atoms with E-state index < -0.39 is 0 Å². The van der Waals surface area contributed by atoms with E-state index >= 15 is 0 Å². The minimum Gasteiger partial charge on any atom is -0.497 e. The molecule has 2 aromatic rings. The number of hydrogen-bond donors (Lipinski definition) is 3. The van der Waals surface area contributed by atoms with Crippen molar-refractivity contribution in [2.24, 2.45) is 0 Å². The van der Waals surface area contributed by atoms with E-state index in [2.05, 4.69) is 15.5 Å². The zero-order valence-electron chi connectivity index (χ0n) is 9.93. The Labute approximate surface area is 104 Å². The van der Waals surface area contributed by atoms with Gasteiger partial charge in [-0.05, 0) is 17.7 Å². The van der Waals surface area contributed by atoms with Crippen LogP contribution in [0.2, 0.25) is 0 Å². The zero-order valence-corrected chi connectivity index (χ0v) is 9.93. The Kier molecular flexibility index (Phi) is 3.47. The van der Waals surface area contributed by atoms with Crippen molar-refractivity contribution in [2.75, 3.05) is 12.8 Å². The second-order valence-electron chi connectivity index (χ2n) is 3.72. The molecule has 0 aliphatic heterocycles. The highest BCUT2D eigenvalue weighted by Gasteiger charge is 2.11. The normalized spacial score (nSPS) is 10.1. The Morgan fingerprint density at radius 3 is 2.72 bits per heavy atom. The smallest absolute Gasteiger partial charge is 0.274 e. The summed E-state index contributed by atoms with van der Waals surface area (Å²) in [5.74, 6) is 0.478. The van der Waals surface area contributed by atoms with E-state index in [1.165, 1.54) is 6.20 Å². The van der Waals surface area contributed by atoms with Gasteiger partial charge in [-0.25, -0.2) is 0 Å². The van der Waals surface area contributed by atoms with Gasteiger partial charge < -0.3 is 15.8 Å². The number of amides is 1. The van der Waals surface area contributed by atoms with Crippen molar-refractivity contribution in [3.05, 3.63) is 41.7 Å². The fourth-order valence-electron chi connectivity index (χ4n) is 1.49. The number of methoxy groups -OCH3 is 1. The molecule has 0 radical (unpaired) electrons. The quantitative estimate of drug-likeness (QED) is 0.748. The van der Waals surface area contributed by atoms with Crippen LogP contribution in [0.15, 0.2) is 30.5 Å². The minimum absolute atomic E-state index is 0.212. The average molecular weight is 246 g/mol. The Bertz CT molecular complexity index is 533. The number of hydrogen-bond acceptors (Lipinski definition) is 4. The molecular formula is C12H14N4O2. The predicted octanol–water partition coefficient (Wildman–Crippen LogP) is 0.930. The molecule has 4 N–H and O–H groups in total. The van der Waals surface area contributed by atoms with Crippen molar-refractivity contribution in [2.45, 2.75) is 6.54 Å². The first-order valence-electron chi connectivity index (χ1n) is 5.41. The second-order valence-corrected chi connectivity index (χ2v) is 3.72. The number of carbonyl (C=O) groups is 1. The van der Waals surface area contributed by atoms with Gasteiger partial charge in [0.1, 0.15) is 5.75 Å². The molecule has 6 nitrogen and oxygen atoms in total. The number of aromatic amines is 1. The summed E-state index contributed by atoms with van der Waals surface area (Å²) in [7, 11) is 1.61. The maximum absolute atomic E-state index is 11.7. The first-order chi connectivity index (χ1) is 8.70. The monoisotopic (exact) mass is 246 g/mol. The molecule has 1 heterocycles. The second kappa shape index (κ2) is 5.22. The van der Waals surface area contributed by atoms with Crippen molar-refractivity contribution in [1.29, 1.82) is 0 Å². The lowest BCUT2D eigenvalue weighted by molar-refractivity contribution is 0.0947. The van der Waals surface area contributed by atoms with Crippen LogP contribution in [0.4, 0.5) is 5.69 Å². The van der Waals surface area contributed by atoms with Gasteiger partial charge in [-0.2, -0.15) is 5.10 Å². The Morgan fingerprint density at radius 2 is 2.17 bits per heavy atom. The molecule has 0 unspecified atom stereocenters. The summed E-state index contributed by atoms with van der Waals surface area (Å²) < 4.78 is 5.05. The van der Waals surface area contributed by atoms with Crippen LogP contribution in [0.3, 0.4) is 0 Å². The van der Waals surface area contributed by atoms with Gasteiger partial charge >= 0.3 is 0 Å². The maximum atomic E-state index is 11.7. The molecular weight excluding hydrogens is 232 g/mol. The number of nitrogens with two attached hydrogens (primary N) is 1. The third-order valence-electron chi connectivity index (χ3n) is 2.50. The molecule has 0 fully saturated rings. The van der Waals surface area contributed by atoms with Gasteiger partial charge in [0, 0.05) is 12.7 Å². The van der Waals surface area contributed by atoms with Crippen LogP contribution in [0.1, 0.15) is 16.1 Å². The van der Waals surface area contributed by atoms with Crippen LogP contribution >= 0.6 is 0 Å². The van der Waals surface area contributed by atoms with Crippen LogP contribution in [-0.4, -0.2) is 23.2 Å². The average Bonchev–Trinajstić information content (AvgIpc) is 2.83. The molecule has 0 saturated carbocycles. The van der Waals surface area contributed by atoms with Gasteiger partial charge in [0.05, 0.1) is 12.8 Å². The number of H-pyrrole nitrogens is 1. The van der Waals surface area contributed by atoms with Crippen molar-refractivity contribution in [1.82, 2.24) is 15.5 Å². The van der Waals surface area contributed by atoms with E-state index in [1.807, 2.05) is 24.3 Å². The summed E-state index contributed by atoms with van der Waals surface area (Å²) in [6, 6.07) is 7.44. The highest BCUT2D eigenvalue weighted by Crippen LogP contribution is 2.11. The number of aromatic nitrogens is 2. The van der Waals surface area contributed by atoms with E-state index in [-0.39, 0.29) is 11.6 Å². The van der Waals surface area contributed by atoms with Crippen molar-refractivity contribution in [3.63, 3.8) is 0 Å². The molecule has 18 heavy (non-hydrogen) atoms. The van der Waals surface area contributed by atoms with Crippen molar-refractivity contribution >= 4 is 11.6 Å². The van der Waals surface area contributed by atoms with Gasteiger partial charge in [0.25, 0.3) is 5.91 Å². The van der Waals surface area contributed by atoms with E-state index in [4.69, 9.17) is 10.5 Å². The van der Waals surface area contributed by atoms with Gasteiger partial charge in [-0.15, -0.1) is 0 Å². The van der Waals surface area contributed by atoms with Crippen LogP contribution in [0, 0.1) is 0 Å². The largest absolute Gasteiger partial charge is 0.497 e. The summed E-state index contributed by atoms with van der Waals surface area (Å²) in [4.78, 5) is 11.7. The predicted molar refractivity (Wildman–Crippen MR) is 67.2 cm³/mol. The van der Waals surface area contributed by atoms with E-state index in [1.54, 1.807) is 7.11 Å². The number of anilines is 1. The number of carbonyl (C=O) groups excluding carboxylic acids is 1. The number of nitrogens with zero attached hydrogens (tertiary/aromatic N) is 1. The number of ether oxygens (including phenoxy) is 1. The van der Waals surface area contributed by atoms with Gasteiger partial charge in [-0.3, -0.25) is 9.89 Å². The number of nitrogens with one attached hydrogen (secondary N) is 2. The van der Waals surface area contributed by atoms with Crippen LogP contribution in [0.25, 0.3) is 0 Å². The Morgan fingerprint density at radius 1 is 1.44 bits per heavy atom. The fourth-order valence-corrected chi connectivity index (χ4v) is 1.49. The molecule has 0 bridgehead atoms. The molecule has 94 valence electrons. The van der Waals surface area contributed by atoms with Crippen molar-refractivity contribution in [3.8, 4) is 5.75 Å². The molecule has 0 saturated heterocycles. The number of benzene rings is 1. The zero-order chi connectivity index (χ0) is 13.0. The van der Waals surface area contributed by atoms with Crippen LogP contribution in [-0.2, 0) is 6.54 Å². The van der Waals surface area contributed by atoms with Crippen molar-refractivity contribution < 1.29 is 9.53 Å². The highest BCUT2D eigenvalue weighted by atomic mass is 16.5. The number of nitrogen functional groups attached to an aromatic ring is 1. The molecule has 0 aliphatic rings. The molecule has 0 spiro atoms. The molecule has 1 aromatic carbocycles. The Hall–Kier alpha value is -2.50. The lowest BCUT2D eigenvalue weighted by atomic mass is 10.2. The Balaban J connectivity index is 1.95. The van der Waals surface area contributed by atoms with Crippen LogP contribution < -0.4 is 15.8 Å². The topological polar surface area (TPSA) is 93.0 Å². The summed E-state index contributed by atoms with van der Waals surface area (Å²) in [5.41, 5.74) is 7.09. The number of rotatable bonds is 4. The maximum Gasteiger partial charge on any atom is 0.274 e. The summed E-state index contributed by atoms with van der Waals surface area (Å²) in [6.07, 6.45) is 1.47. The third-order valence-corrected chi connectivity index (χ3v) is 2.50. The van der Waals surface area contributed by atoms with E-state index in [0.29, 0.717) is 12.2 Å². The minimum atomic E-state index is -0.301. The lowest BCUT2D eigenvalue weighted by Gasteiger charge is -2.05. The summed E-state index contributed by atoms with van der Waals surface area (Å²) in [6.45, 7) is 0.412. The summed E-state index contributed by atoms with van der Waals surface area (Å²) >= 11 is 0. The molecule has 0 atom stereocenters. The first-order valence-corrected chi connectivity index (χ1v) is 5.41. The SMILES string of the molecule is COc1ccc(CNC(=O)c2n[nH]cc2N)cc1. The lowest BCUT2D eigenvalue weighted by Crippen LogP contribution is -2.24. The summed E-state index contributed by atoms with van der Waals surface area (Å²) in [5, 5.41) is 9.05. The molecule has 2 rings (SSSR count). The standard InChI is InChI=1S/C12H14N4O2/c1-18-9-4-2-8(3-5-9)6-14-12(17)11-10(13)7-15-16-11/h2-5,7H,6,13H2,1H3,(H,14,17)(H,15,16). The molecule has 6 heteroatoms. The van der Waals surface area contributed by atoms with E-state index in [0.717, 1.165) is 11.3 Å².